The molecule has 0 bridgehead atoms. The minimum absolute atomic E-state index is 0.0113. The van der Waals surface area contributed by atoms with E-state index in [1.165, 1.54) is 24.3 Å². The summed E-state index contributed by atoms with van der Waals surface area (Å²) in [5, 5.41) is 9.69. The van der Waals surface area contributed by atoms with Crippen molar-refractivity contribution in [2.24, 2.45) is 0 Å². The van der Waals surface area contributed by atoms with Gasteiger partial charge in [0.05, 0.1) is 18.1 Å². The number of aliphatic hydroxyl groups is 1. The van der Waals surface area contributed by atoms with Crippen LogP contribution >= 0.6 is 10.7 Å². The van der Waals surface area contributed by atoms with Crippen molar-refractivity contribution in [2.45, 2.75) is 10.5 Å². The number of hydrogen-bond donors (Lipinski definition) is 1. The van der Waals surface area contributed by atoms with Gasteiger partial charge in [0.25, 0.3) is 9.05 Å². The molecule has 0 atom stereocenters. The van der Waals surface area contributed by atoms with Crippen LogP contribution in [0.15, 0.2) is 29.2 Å². The van der Waals surface area contributed by atoms with Gasteiger partial charge in [0.2, 0.25) is 0 Å². The third-order valence-electron chi connectivity index (χ3n) is 2.35. The summed E-state index contributed by atoms with van der Waals surface area (Å²) in [4.78, 5) is 0.0113. The number of rotatable bonds is 4. The summed E-state index contributed by atoms with van der Waals surface area (Å²) in [5.41, 5.74) is -0.933. The van der Waals surface area contributed by atoms with E-state index in [-0.39, 0.29) is 24.7 Å². The van der Waals surface area contributed by atoms with E-state index >= 15 is 0 Å². The van der Waals surface area contributed by atoms with Crippen molar-refractivity contribution < 1.29 is 23.0 Å². The Bertz CT molecular complexity index is 492. The van der Waals surface area contributed by atoms with Crippen molar-refractivity contribution in [3.63, 3.8) is 0 Å². The highest BCUT2D eigenvalue weighted by Crippen LogP contribution is 2.22. The van der Waals surface area contributed by atoms with Gasteiger partial charge < -0.3 is 14.6 Å². The van der Waals surface area contributed by atoms with Crippen molar-refractivity contribution in [1.29, 1.82) is 0 Å². The predicted molar refractivity (Wildman–Crippen MR) is 60.7 cm³/mol. The molecule has 17 heavy (non-hydrogen) atoms. The lowest BCUT2D eigenvalue weighted by molar-refractivity contribution is -0.192. The number of benzene rings is 1. The van der Waals surface area contributed by atoms with E-state index in [1.807, 2.05) is 0 Å². The Labute approximate surface area is 103 Å². The van der Waals surface area contributed by atoms with Crippen molar-refractivity contribution in [3.05, 3.63) is 24.3 Å². The lowest BCUT2D eigenvalue weighted by atomic mass is 10.0. The van der Waals surface area contributed by atoms with Crippen molar-refractivity contribution in [2.75, 3.05) is 19.8 Å². The standard InChI is InChI=1S/C10H11ClO5S/c11-17(13,14)9-3-1-8(2-4-9)16-7-10(12)5-15-6-10/h1-4,12H,5-7H2. The number of halogens is 1. The Balaban J connectivity index is 1.99. The molecule has 0 unspecified atom stereocenters. The quantitative estimate of drug-likeness (QED) is 0.823. The third kappa shape index (κ3) is 3.10. The molecule has 1 fully saturated rings. The molecule has 1 aliphatic heterocycles. The van der Waals surface area contributed by atoms with E-state index in [4.69, 9.17) is 20.2 Å². The molecule has 5 nitrogen and oxygen atoms in total. The average Bonchev–Trinajstić information content (AvgIpc) is 2.23. The zero-order chi connectivity index (χ0) is 12.5. The second-order valence-corrected chi connectivity index (χ2v) is 6.48. The van der Waals surface area contributed by atoms with Gasteiger partial charge in [-0.25, -0.2) is 8.42 Å². The second kappa shape index (κ2) is 4.45. The summed E-state index contributed by atoms with van der Waals surface area (Å²) >= 11 is 0. The van der Waals surface area contributed by atoms with E-state index in [9.17, 15) is 13.5 Å². The highest BCUT2D eigenvalue weighted by atomic mass is 35.7. The van der Waals surface area contributed by atoms with Gasteiger partial charge in [0.1, 0.15) is 18.0 Å². The summed E-state index contributed by atoms with van der Waals surface area (Å²) in [6.07, 6.45) is 0. The van der Waals surface area contributed by atoms with Crippen LogP contribution in [-0.2, 0) is 13.8 Å². The molecule has 0 spiro atoms. The minimum atomic E-state index is -3.71. The molecule has 0 radical (unpaired) electrons. The Kier molecular flexibility index (Phi) is 3.31. The molecule has 94 valence electrons. The summed E-state index contributed by atoms with van der Waals surface area (Å²) in [5.74, 6) is 0.467. The molecule has 0 saturated carbocycles. The van der Waals surface area contributed by atoms with Crippen LogP contribution in [-0.4, -0.2) is 38.9 Å². The normalized spacial score (nSPS) is 18.5. The number of ether oxygens (including phenoxy) is 2. The Morgan fingerprint density at radius 2 is 1.94 bits per heavy atom. The van der Waals surface area contributed by atoms with Gasteiger partial charge in [-0.3, -0.25) is 0 Å². The lowest BCUT2D eigenvalue weighted by Gasteiger charge is -2.35. The van der Waals surface area contributed by atoms with Gasteiger partial charge >= 0.3 is 0 Å². The molecular weight excluding hydrogens is 268 g/mol. The highest BCUT2D eigenvalue weighted by Gasteiger charge is 2.37. The van der Waals surface area contributed by atoms with E-state index in [0.29, 0.717) is 5.75 Å². The number of hydrogen-bond acceptors (Lipinski definition) is 5. The average molecular weight is 279 g/mol. The Morgan fingerprint density at radius 1 is 1.35 bits per heavy atom. The third-order valence-corrected chi connectivity index (χ3v) is 3.72. The maximum absolute atomic E-state index is 11.0. The zero-order valence-electron chi connectivity index (χ0n) is 8.80. The van der Waals surface area contributed by atoms with Crippen molar-refractivity contribution in [1.82, 2.24) is 0 Å². The van der Waals surface area contributed by atoms with Gasteiger partial charge in [0, 0.05) is 10.7 Å². The zero-order valence-corrected chi connectivity index (χ0v) is 10.4. The smallest absolute Gasteiger partial charge is 0.261 e. The largest absolute Gasteiger partial charge is 0.490 e. The molecule has 1 aliphatic rings. The first kappa shape index (κ1) is 12.6. The summed E-state index contributed by atoms with van der Waals surface area (Å²) in [7, 11) is 1.46. The fraction of sp³-hybridized carbons (Fsp3) is 0.400. The van der Waals surface area contributed by atoms with Crippen LogP contribution in [0, 0.1) is 0 Å². The summed E-state index contributed by atoms with van der Waals surface area (Å²) < 4.78 is 32.1. The van der Waals surface area contributed by atoms with Gasteiger partial charge in [-0.1, -0.05) is 0 Å². The maximum atomic E-state index is 11.0. The van der Waals surface area contributed by atoms with Crippen LogP contribution in [0.1, 0.15) is 0 Å². The second-order valence-electron chi connectivity index (χ2n) is 3.92. The molecule has 0 amide bonds. The van der Waals surface area contributed by atoms with Gasteiger partial charge in [-0.2, -0.15) is 0 Å². The van der Waals surface area contributed by atoms with Crippen molar-refractivity contribution >= 4 is 19.7 Å². The van der Waals surface area contributed by atoms with Crippen LogP contribution in [0.25, 0.3) is 0 Å². The molecule has 2 rings (SSSR count). The summed E-state index contributed by atoms with van der Waals surface area (Å²) in [6, 6.07) is 5.66. The topological polar surface area (TPSA) is 72.8 Å². The molecule has 0 aromatic heterocycles. The first-order valence-electron chi connectivity index (χ1n) is 4.87. The fourth-order valence-corrected chi connectivity index (χ4v) is 2.11. The highest BCUT2D eigenvalue weighted by molar-refractivity contribution is 8.13. The minimum Gasteiger partial charge on any atom is -0.490 e. The molecule has 0 aliphatic carbocycles. The fourth-order valence-electron chi connectivity index (χ4n) is 1.34. The molecule has 1 saturated heterocycles. The lowest BCUT2D eigenvalue weighted by Crippen LogP contribution is -2.53. The summed E-state index contributed by atoms with van der Waals surface area (Å²) in [6.45, 7) is 0.613. The SMILES string of the molecule is O=S(=O)(Cl)c1ccc(OCC2(O)COC2)cc1. The van der Waals surface area contributed by atoms with E-state index in [1.54, 1.807) is 0 Å². The van der Waals surface area contributed by atoms with Crippen LogP contribution in [0.4, 0.5) is 0 Å². The monoisotopic (exact) mass is 278 g/mol. The molecule has 7 heteroatoms. The molecule has 1 heterocycles. The van der Waals surface area contributed by atoms with Crippen LogP contribution < -0.4 is 4.74 Å². The molecular formula is C10H11ClO5S. The predicted octanol–water partition coefficient (Wildman–Crippen LogP) is 0.754. The Hall–Kier alpha value is -0.820. The molecule has 1 aromatic carbocycles. The van der Waals surface area contributed by atoms with Crippen LogP contribution in [0.3, 0.4) is 0 Å². The Morgan fingerprint density at radius 3 is 2.35 bits per heavy atom. The van der Waals surface area contributed by atoms with E-state index in [2.05, 4.69) is 0 Å². The van der Waals surface area contributed by atoms with Crippen molar-refractivity contribution in [3.8, 4) is 5.75 Å². The van der Waals surface area contributed by atoms with E-state index in [0.717, 1.165) is 0 Å². The van der Waals surface area contributed by atoms with Gasteiger partial charge in [-0.15, -0.1) is 0 Å². The van der Waals surface area contributed by atoms with Crippen LogP contribution in [0.2, 0.25) is 0 Å². The first-order valence-corrected chi connectivity index (χ1v) is 7.18. The molecule has 1 aromatic rings. The molecule has 1 N–H and O–H groups in total. The van der Waals surface area contributed by atoms with Gasteiger partial charge in [0.15, 0.2) is 0 Å². The first-order chi connectivity index (χ1) is 7.89. The van der Waals surface area contributed by atoms with Gasteiger partial charge in [-0.05, 0) is 24.3 Å². The van der Waals surface area contributed by atoms with E-state index < -0.39 is 14.7 Å². The van der Waals surface area contributed by atoms with Crippen LogP contribution in [0.5, 0.6) is 5.75 Å². The maximum Gasteiger partial charge on any atom is 0.261 e.